The van der Waals surface area contributed by atoms with Crippen molar-refractivity contribution in [2.24, 2.45) is 0 Å². The Bertz CT molecular complexity index is 329. The van der Waals surface area contributed by atoms with E-state index in [-0.39, 0.29) is 5.69 Å². The molecule has 0 fully saturated rings. The van der Waals surface area contributed by atoms with Crippen LogP contribution in [0.2, 0.25) is 0 Å². The van der Waals surface area contributed by atoms with Gasteiger partial charge < -0.3 is 4.90 Å². The van der Waals surface area contributed by atoms with E-state index in [9.17, 15) is 13.2 Å². The normalized spacial score (nSPS) is 11.6. The summed E-state index contributed by atoms with van der Waals surface area (Å²) in [6.07, 6.45) is -4.28. The van der Waals surface area contributed by atoms with Gasteiger partial charge in [-0.2, -0.15) is 13.2 Å². The molecule has 0 atom stereocenters. The molecular weight excluding hydrogens is 191 g/mol. The molecule has 0 N–H and O–H groups in total. The van der Waals surface area contributed by atoms with Gasteiger partial charge in [-0.1, -0.05) is 6.07 Å². The summed E-state index contributed by atoms with van der Waals surface area (Å²) in [6.45, 7) is 1.77. The van der Waals surface area contributed by atoms with E-state index < -0.39 is 11.7 Å². The Labute approximate surface area is 81.1 Å². The highest BCUT2D eigenvalue weighted by Gasteiger charge is 2.33. The van der Waals surface area contributed by atoms with Crippen LogP contribution in [0.3, 0.4) is 0 Å². The summed E-state index contributed by atoms with van der Waals surface area (Å²) in [5.41, 5.74) is 0.437. The molecule has 0 aliphatic heterocycles. The predicted molar refractivity (Wildman–Crippen MR) is 50.5 cm³/mol. The second-order valence-electron chi connectivity index (χ2n) is 3.41. The molecule has 1 nitrogen and oxygen atoms in total. The van der Waals surface area contributed by atoms with E-state index >= 15 is 0 Å². The number of alkyl halides is 3. The minimum Gasteiger partial charge on any atom is -0.377 e. The van der Waals surface area contributed by atoms with Gasteiger partial charge in [0.1, 0.15) is 0 Å². The third kappa shape index (κ3) is 2.19. The van der Waals surface area contributed by atoms with Crippen molar-refractivity contribution in [3.63, 3.8) is 0 Å². The fourth-order valence-corrected chi connectivity index (χ4v) is 1.25. The van der Waals surface area contributed by atoms with E-state index in [1.54, 1.807) is 21.0 Å². The summed E-state index contributed by atoms with van der Waals surface area (Å²) < 4.78 is 37.5. The summed E-state index contributed by atoms with van der Waals surface area (Å²) in [5, 5.41) is 0. The highest BCUT2D eigenvalue weighted by molar-refractivity contribution is 5.55. The molecule has 0 bridgehead atoms. The number of aryl methyl sites for hydroxylation is 1. The average Bonchev–Trinajstić information content (AvgIpc) is 2.01. The molecule has 0 saturated heterocycles. The van der Waals surface area contributed by atoms with Crippen LogP contribution in [0.5, 0.6) is 0 Å². The molecular formula is C10H12F3N. The molecule has 78 valence electrons. The quantitative estimate of drug-likeness (QED) is 0.678. The maximum Gasteiger partial charge on any atom is 0.418 e. The van der Waals surface area contributed by atoms with Crippen molar-refractivity contribution in [2.45, 2.75) is 13.1 Å². The van der Waals surface area contributed by atoms with Gasteiger partial charge in [0, 0.05) is 19.8 Å². The van der Waals surface area contributed by atoms with Crippen molar-refractivity contribution < 1.29 is 13.2 Å². The van der Waals surface area contributed by atoms with Crippen LogP contribution in [0.15, 0.2) is 18.2 Å². The zero-order valence-electron chi connectivity index (χ0n) is 8.31. The van der Waals surface area contributed by atoms with Crippen LogP contribution >= 0.6 is 0 Å². The first kappa shape index (κ1) is 10.9. The van der Waals surface area contributed by atoms with Crippen molar-refractivity contribution in [1.82, 2.24) is 0 Å². The van der Waals surface area contributed by atoms with Crippen molar-refractivity contribution in [1.29, 1.82) is 0 Å². The largest absolute Gasteiger partial charge is 0.418 e. The summed E-state index contributed by atoms with van der Waals surface area (Å²) in [5.74, 6) is 0. The third-order valence-electron chi connectivity index (χ3n) is 1.94. The first-order valence-corrected chi connectivity index (χ1v) is 4.17. The zero-order chi connectivity index (χ0) is 10.9. The molecule has 0 aliphatic rings. The lowest BCUT2D eigenvalue weighted by atomic mass is 10.1. The smallest absolute Gasteiger partial charge is 0.377 e. The lowest BCUT2D eigenvalue weighted by Gasteiger charge is -2.19. The molecule has 1 aromatic rings. The van der Waals surface area contributed by atoms with Crippen LogP contribution < -0.4 is 4.90 Å². The highest BCUT2D eigenvalue weighted by atomic mass is 19.4. The first-order valence-electron chi connectivity index (χ1n) is 4.17. The lowest BCUT2D eigenvalue weighted by molar-refractivity contribution is -0.137. The van der Waals surface area contributed by atoms with E-state index in [1.165, 1.54) is 17.0 Å². The minimum atomic E-state index is -4.28. The molecule has 14 heavy (non-hydrogen) atoms. The van der Waals surface area contributed by atoms with E-state index in [2.05, 4.69) is 0 Å². The second kappa shape index (κ2) is 3.52. The number of hydrogen-bond acceptors (Lipinski definition) is 1. The van der Waals surface area contributed by atoms with Gasteiger partial charge in [0.2, 0.25) is 0 Å². The molecule has 0 radical (unpaired) electrons. The number of nitrogens with zero attached hydrogens (tertiary/aromatic N) is 1. The van der Waals surface area contributed by atoms with Gasteiger partial charge in [-0.05, 0) is 24.6 Å². The van der Waals surface area contributed by atoms with Crippen LogP contribution in [0.25, 0.3) is 0 Å². The Morgan fingerprint density at radius 2 is 1.71 bits per heavy atom. The Balaban J connectivity index is 3.29. The Morgan fingerprint density at radius 1 is 1.14 bits per heavy atom. The minimum absolute atomic E-state index is 0.206. The van der Waals surface area contributed by atoms with Gasteiger partial charge in [-0.15, -0.1) is 0 Å². The first-order chi connectivity index (χ1) is 6.32. The monoisotopic (exact) mass is 203 g/mol. The standard InChI is InChI=1S/C10H12F3N/c1-7-4-5-8(10(11,12)13)9(6-7)14(2)3/h4-6H,1-3H3. The van der Waals surface area contributed by atoms with Crippen LogP contribution in [0, 0.1) is 6.92 Å². The molecule has 0 spiro atoms. The molecule has 0 aliphatic carbocycles. The number of rotatable bonds is 1. The Hall–Kier alpha value is -1.19. The fraction of sp³-hybridized carbons (Fsp3) is 0.400. The second-order valence-corrected chi connectivity index (χ2v) is 3.41. The van der Waals surface area contributed by atoms with Gasteiger partial charge >= 0.3 is 6.18 Å². The van der Waals surface area contributed by atoms with Gasteiger partial charge in [-0.3, -0.25) is 0 Å². The topological polar surface area (TPSA) is 3.24 Å². The summed E-state index contributed by atoms with van der Waals surface area (Å²) in [4.78, 5) is 1.47. The van der Waals surface area contributed by atoms with Gasteiger partial charge in [0.15, 0.2) is 0 Å². The van der Waals surface area contributed by atoms with Gasteiger partial charge in [-0.25, -0.2) is 0 Å². The molecule has 0 unspecified atom stereocenters. The van der Waals surface area contributed by atoms with Gasteiger partial charge in [0.05, 0.1) is 5.56 Å². The highest BCUT2D eigenvalue weighted by Crippen LogP contribution is 2.36. The summed E-state index contributed by atoms with van der Waals surface area (Å²) in [6, 6.07) is 4.11. The van der Waals surface area contributed by atoms with Crippen LogP contribution in [0.4, 0.5) is 18.9 Å². The molecule has 1 rings (SSSR count). The fourth-order valence-electron chi connectivity index (χ4n) is 1.25. The van der Waals surface area contributed by atoms with Crippen molar-refractivity contribution >= 4 is 5.69 Å². The van der Waals surface area contributed by atoms with E-state index in [0.29, 0.717) is 0 Å². The van der Waals surface area contributed by atoms with Crippen molar-refractivity contribution in [3.05, 3.63) is 29.3 Å². The lowest BCUT2D eigenvalue weighted by Crippen LogP contribution is -2.16. The number of hydrogen-bond donors (Lipinski definition) is 0. The third-order valence-corrected chi connectivity index (χ3v) is 1.94. The number of anilines is 1. The van der Waals surface area contributed by atoms with Crippen LogP contribution in [-0.2, 0) is 6.18 Å². The zero-order valence-corrected chi connectivity index (χ0v) is 8.31. The Morgan fingerprint density at radius 3 is 2.14 bits per heavy atom. The van der Waals surface area contributed by atoms with Crippen LogP contribution in [-0.4, -0.2) is 14.1 Å². The molecule has 0 amide bonds. The maximum absolute atomic E-state index is 12.5. The molecule has 0 saturated carbocycles. The number of benzene rings is 1. The maximum atomic E-state index is 12.5. The van der Waals surface area contributed by atoms with Crippen LogP contribution in [0.1, 0.15) is 11.1 Å². The van der Waals surface area contributed by atoms with Gasteiger partial charge in [0.25, 0.3) is 0 Å². The summed E-state index contributed by atoms with van der Waals surface area (Å²) in [7, 11) is 3.20. The van der Waals surface area contributed by atoms with Crippen molar-refractivity contribution in [3.8, 4) is 0 Å². The predicted octanol–water partition coefficient (Wildman–Crippen LogP) is 3.08. The van der Waals surface area contributed by atoms with Crippen molar-refractivity contribution in [2.75, 3.05) is 19.0 Å². The molecule has 0 heterocycles. The SMILES string of the molecule is Cc1ccc(C(F)(F)F)c(N(C)C)c1. The van der Waals surface area contributed by atoms with E-state index in [1.807, 2.05) is 0 Å². The summed E-state index contributed by atoms with van der Waals surface area (Å²) >= 11 is 0. The van der Waals surface area contributed by atoms with E-state index in [0.717, 1.165) is 11.6 Å². The van der Waals surface area contributed by atoms with E-state index in [4.69, 9.17) is 0 Å². The molecule has 0 aromatic heterocycles. The Kier molecular flexibility index (Phi) is 2.73. The molecule has 4 heteroatoms. The average molecular weight is 203 g/mol. The number of halogens is 3. The molecule has 1 aromatic carbocycles.